The SMILES string of the molecule is COc1cc(/C=C/C(=O)N2CCN(Cc3nc(C)c(C)s3)CC2)cc(OC)c1OC. The first-order chi connectivity index (χ1) is 14.4. The minimum Gasteiger partial charge on any atom is -0.493 e. The smallest absolute Gasteiger partial charge is 0.246 e. The number of hydrogen-bond donors (Lipinski definition) is 0. The first kappa shape index (κ1) is 22.1. The Morgan fingerprint density at radius 1 is 1.07 bits per heavy atom. The molecule has 0 radical (unpaired) electrons. The molecule has 1 aromatic carbocycles. The lowest BCUT2D eigenvalue weighted by atomic mass is 10.1. The number of aromatic nitrogens is 1. The minimum atomic E-state index is 0.00402. The molecule has 1 fully saturated rings. The summed E-state index contributed by atoms with van der Waals surface area (Å²) in [6.45, 7) is 8.12. The van der Waals surface area contributed by atoms with Gasteiger partial charge in [-0.15, -0.1) is 11.3 Å². The minimum absolute atomic E-state index is 0.00402. The molecule has 2 aromatic rings. The lowest BCUT2D eigenvalue weighted by molar-refractivity contribution is -0.127. The molecule has 0 N–H and O–H groups in total. The fourth-order valence-corrected chi connectivity index (χ4v) is 4.37. The summed E-state index contributed by atoms with van der Waals surface area (Å²) in [5, 5.41) is 1.15. The number of thiazole rings is 1. The van der Waals surface area contributed by atoms with Crippen LogP contribution in [0.3, 0.4) is 0 Å². The zero-order chi connectivity index (χ0) is 21.7. The average Bonchev–Trinajstić information content (AvgIpc) is 3.08. The van der Waals surface area contributed by atoms with Gasteiger partial charge in [-0.3, -0.25) is 9.69 Å². The molecule has 3 rings (SSSR count). The summed E-state index contributed by atoms with van der Waals surface area (Å²) in [6.07, 6.45) is 3.38. The van der Waals surface area contributed by atoms with Gasteiger partial charge in [0.2, 0.25) is 11.7 Å². The van der Waals surface area contributed by atoms with Gasteiger partial charge in [-0.25, -0.2) is 4.98 Å². The van der Waals surface area contributed by atoms with Crippen molar-refractivity contribution in [1.29, 1.82) is 0 Å². The topological polar surface area (TPSA) is 64.1 Å². The number of benzene rings is 1. The van der Waals surface area contributed by atoms with Gasteiger partial charge in [-0.05, 0) is 37.6 Å². The number of nitrogens with zero attached hydrogens (tertiary/aromatic N) is 3. The highest BCUT2D eigenvalue weighted by Crippen LogP contribution is 2.38. The normalized spacial score (nSPS) is 14.9. The molecular weight excluding hydrogens is 402 g/mol. The largest absolute Gasteiger partial charge is 0.493 e. The second-order valence-electron chi connectivity index (χ2n) is 7.14. The van der Waals surface area contributed by atoms with Crippen LogP contribution >= 0.6 is 11.3 Å². The quantitative estimate of drug-likeness (QED) is 0.628. The molecule has 2 heterocycles. The zero-order valence-corrected chi connectivity index (χ0v) is 19.0. The van der Waals surface area contributed by atoms with E-state index in [9.17, 15) is 4.79 Å². The second-order valence-corrected chi connectivity index (χ2v) is 8.43. The van der Waals surface area contributed by atoms with E-state index in [2.05, 4.69) is 16.8 Å². The fourth-order valence-electron chi connectivity index (χ4n) is 3.39. The van der Waals surface area contributed by atoms with Gasteiger partial charge in [0.05, 0.1) is 33.6 Å². The summed E-state index contributed by atoms with van der Waals surface area (Å²) in [5.74, 6) is 1.66. The summed E-state index contributed by atoms with van der Waals surface area (Å²) >= 11 is 1.76. The maximum absolute atomic E-state index is 12.6. The molecule has 8 heteroatoms. The van der Waals surface area contributed by atoms with Gasteiger partial charge in [0.15, 0.2) is 11.5 Å². The second kappa shape index (κ2) is 9.95. The molecule has 30 heavy (non-hydrogen) atoms. The zero-order valence-electron chi connectivity index (χ0n) is 18.2. The van der Waals surface area contributed by atoms with Gasteiger partial charge < -0.3 is 19.1 Å². The summed E-state index contributed by atoms with van der Waals surface area (Å²) in [6, 6.07) is 3.64. The third-order valence-electron chi connectivity index (χ3n) is 5.22. The summed E-state index contributed by atoms with van der Waals surface area (Å²) < 4.78 is 16.1. The molecule has 0 saturated carbocycles. The van der Waals surface area contributed by atoms with Crippen LogP contribution in [0.5, 0.6) is 17.2 Å². The van der Waals surface area contributed by atoms with Crippen molar-refractivity contribution in [3.63, 3.8) is 0 Å². The summed E-state index contributed by atoms with van der Waals surface area (Å²) in [4.78, 5) is 22.8. The monoisotopic (exact) mass is 431 g/mol. The molecule has 1 amide bonds. The molecule has 0 atom stereocenters. The number of aryl methyl sites for hydroxylation is 2. The first-order valence-electron chi connectivity index (χ1n) is 9.87. The van der Waals surface area contributed by atoms with E-state index in [0.29, 0.717) is 30.3 Å². The van der Waals surface area contributed by atoms with Crippen LogP contribution in [0.1, 0.15) is 21.1 Å². The number of carbonyl (C=O) groups excluding carboxylic acids is 1. The van der Waals surface area contributed by atoms with Gasteiger partial charge in [0, 0.05) is 37.1 Å². The van der Waals surface area contributed by atoms with Crippen LogP contribution in [0, 0.1) is 13.8 Å². The summed E-state index contributed by atoms with van der Waals surface area (Å²) in [5.41, 5.74) is 1.92. The highest BCUT2D eigenvalue weighted by molar-refractivity contribution is 7.11. The molecule has 1 saturated heterocycles. The van der Waals surface area contributed by atoms with E-state index in [-0.39, 0.29) is 5.91 Å². The van der Waals surface area contributed by atoms with E-state index in [1.165, 1.54) is 4.88 Å². The number of amides is 1. The van der Waals surface area contributed by atoms with E-state index < -0.39 is 0 Å². The van der Waals surface area contributed by atoms with E-state index in [1.54, 1.807) is 44.8 Å². The van der Waals surface area contributed by atoms with Crippen molar-refractivity contribution in [2.45, 2.75) is 20.4 Å². The van der Waals surface area contributed by atoms with Crippen molar-refractivity contribution in [3.8, 4) is 17.2 Å². The highest BCUT2D eigenvalue weighted by Gasteiger charge is 2.21. The number of piperazine rings is 1. The molecule has 1 aliphatic heterocycles. The predicted molar refractivity (Wildman–Crippen MR) is 119 cm³/mol. The molecule has 0 aliphatic carbocycles. The average molecular weight is 432 g/mol. The van der Waals surface area contributed by atoms with Crippen LogP contribution in [0.25, 0.3) is 6.08 Å². The van der Waals surface area contributed by atoms with Crippen LogP contribution in [-0.4, -0.2) is 68.2 Å². The van der Waals surface area contributed by atoms with Gasteiger partial charge in [0.1, 0.15) is 5.01 Å². The van der Waals surface area contributed by atoms with Crippen LogP contribution < -0.4 is 14.2 Å². The first-order valence-corrected chi connectivity index (χ1v) is 10.7. The van der Waals surface area contributed by atoms with Crippen molar-refractivity contribution in [3.05, 3.63) is 39.4 Å². The summed E-state index contributed by atoms with van der Waals surface area (Å²) in [7, 11) is 4.71. The number of methoxy groups -OCH3 is 3. The fraction of sp³-hybridized carbons (Fsp3) is 0.455. The molecule has 1 aromatic heterocycles. The van der Waals surface area contributed by atoms with E-state index in [0.717, 1.165) is 35.9 Å². The van der Waals surface area contributed by atoms with Crippen LogP contribution in [-0.2, 0) is 11.3 Å². The maximum Gasteiger partial charge on any atom is 0.246 e. The third kappa shape index (κ3) is 5.12. The van der Waals surface area contributed by atoms with Crippen molar-refractivity contribution >= 4 is 23.3 Å². The van der Waals surface area contributed by atoms with E-state index >= 15 is 0 Å². The maximum atomic E-state index is 12.6. The van der Waals surface area contributed by atoms with Crippen LogP contribution in [0.15, 0.2) is 18.2 Å². The Hall–Kier alpha value is -2.58. The Morgan fingerprint density at radius 2 is 1.70 bits per heavy atom. The van der Waals surface area contributed by atoms with E-state index in [4.69, 9.17) is 14.2 Å². The molecule has 162 valence electrons. The molecule has 0 bridgehead atoms. The molecule has 7 nitrogen and oxygen atoms in total. The van der Waals surface area contributed by atoms with Crippen LogP contribution in [0.4, 0.5) is 0 Å². The Morgan fingerprint density at radius 3 is 2.20 bits per heavy atom. The van der Waals surface area contributed by atoms with Crippen molar-refractivity contribution < 1.29 is 19.0 Å². The number of ether oxygens (including phenoxy) is 3. The van der Waals surface area contributed by atoms with Crippen molar-refractivity contribution in [1.82, 2.24) is 14.8 Å². The standard InChI is InChI=1S/C22H29N3O4S/c1-15-16(2)30-20(23-15)14-24-8-10-25(11-9-24)21(26)7-6-17-12-18(27-3)22(29-5)19(13-17)28-4/h6-7,12-13H,8-11,14H2,1-5H3/b7-6+. The number of hydrogen-bond acceptors (Lipinski definition) is 7. The Balaban J connectivity index is 1.58. The van der Waals surface area contributed by atoms with Crippen molar-refractivity contribution in [2.75, 3.05) is 47.5 Å². The molecule has 1 aliphatic rings. The number of rotatable bonds is 7. The van der Waals surface area contributed by atoms with Gasteiger partial charge >= 0.3 is 0 Å². The van der Waals surface area contributed by atoms with E-state index in [1.807, 2.05) is 24.0 Å². The van der Waals surface area contributed by atoms with Gasteiger partial charge in [-0.2, -0.15) is 0 Å². The van der Waals surface area contributed by atoms with Gasteiger partial charge in [-0.1, -0.05) is 0 Å². The highest BCUT2D eigenvalue weighted by atomic mass is 32.1. The van der Waals surface area contributed by atoms with Gasteiger partial charge in [0.25, 0.3) is 0 Å². The van der Waals surface area contributed by atoms with Crippen LogP contribution in [0.2, 0.25) is 0 Å². The Labute approximate surface area is 181 Å². The van der Waals surface area contributed by atoms with Crippen molar-refractivity contribution in [2.24, 2.45) is 0 Å². The number of carbonyl (C=O) groups is 1. The molecule has 0 spiro atoms. The Kier molecular flexibility index (Phi) is 7.33. The lowest BCUT2D eigenvalue weighted by Gasteiger charge is -2.33. The molecule has 0 unspecified atom stereocenters. The Bertz CT molecular complexity index is 873. The lowest BCUT2D eigenvalue weighted by Crippen LogP contribution is -2.47. The predicted octanol–water partition coefficient (Wildman–Crippen LogP) is 3.14. The molecular formula is C22H29N3O4S. The third-order valence-corrected chi connectivity index (χ3v) is 6.28.